The molecule has 0 saturated heterocycles. The Kier molecular flexibility index (Phi) is 5.96. The van der Waals surface area contributed by atoms with E-state index in [1.807, 2.05) is 50.2 Å². The maximum atomic E-state index is 11.3. The van der Waals surface area contributed by atoms with Crippen LogP contribution in [-0.4, -0.2) is 36.3 Å². The number of carbonyl (C=O) groups excluding carboxylic acids is 1. The maximum Gasteiger partial charge on any atom is 0.221 e. The van der Waals surface area contributed by atoms with Crippen molar-refractivity contribution >= 4 is 22.4 Å². The molecular formula is C18H24N2O3. The summed E-state index contributed by atoms with van der Waals surface area (Å²) in [6, 6.07) is 11.7. The van der Waals surface area contributed by atoms with Gasteiger partial charge in [-0.25, -0.2) is 0 Å². The minimum Gasteiger partial charge on any atom is -0.490 e. The molecule has 124 valence electrons. The molecule has 0 radical (unpaired) electrons. The van der Waals surface area contributed by atoms with Crippen LogP contribution in [0.1, 0.15) is 20.8 Å². The van der Waals surface area contributed by atoms with E-state index in [-0.39, 0.29) is 12.5 Å². The summed E-state index contributed by atoms with van der Waals surface area (Å²) in [5, 5.41) is 17.8. The number of carbonyl (C=O) groups is 1. The second-order valence-corrected chi connectivity index (χ2v) is 5.87. The highest BCUT2D eigenvalue weighted by Crippen LogP contribution is 2.30. The van der Waals surface area contributed by atoms with Crippen LogP contribution in [0.3, 0.4) is 0 Å². The molecule has 5 nitrogen and oxygen atoms in total. The summed E-state index contributed by atoms with van der Waals surface area (Å²) in [7, 11) is 0. The molecule has 1 unspecified atom stereocenters. The number of hydrogen-bond acceptors (Lipinski definition) is 4. The number of aliphatic hydroxyl groups is 1. The minimum absolute atomic E-state index is 0.112. The van der Waals surface area contributed by atoms with Gasteiger partial charge in [0.1, 0.15) is 18.5 Å². The quantitative estimate of drug-likeness (QED) is 0.734. The molecule has 2 aromatic carbocycles. The predicted molar refractivity (Wildman–Crippen MR) is 92.9 cm³/mol. The number of amides is 1. The molecule has 0 aliphatic rings. The molecular weight excluding hydrogens is 292 g/mol. The first-order chi connectivity index (χ1) is 11.0. The Morgan fingerprint density at radius 3 is 2.57 bits per heavy atom. The van der Waals surface area contributed by atoms with E-state index in [9.17, 15) is 9.90 Å². The average Bonchev–Trinajstić information content (AvgIpc) is 2.50. The molecule has 2 aromatic rings. The highest BCUT2D eigenvalue weighted by atomic mass is 16.5. The van der Waals surface area contributed by atoms with Crippen LogP contribution >= 0.6 is 0 Å². The van der Waals surface area contributed by atoms with Crippen molar-refractivity contribution in [2.24, 2.45) is 0 Å². The molecule has 0 saturated carbocycles. The summed E-state index contributed by atoms with van der Waals surface area (Å²) in [5.41, 5.74) is 0.752. The van der Waals surface area contributed by atoms with Gasteiger partial charge in [0.2, 0.25) is 5.91 Å². The van der Waals surface area contributed by atoms with E-state index in [0.29, 0.717) is 18.3 Å². The van der Waals surface area contributed by atoms with E-state index in [0.717, 1.165) is 16.5 Å². The third-order valence-electron chi connectivity index (χ3n) is 3.39. The maximum absolute atomic E-state index is 11.3. The van der Waals surface area contributed by atoms with Crippen LogP contribution in [0.4, 0.5) is 5.69 Å². The van der Waals surface area contributed by atoms with Crippen LogP contribution in [0.15, 0.2) is 36.4 Å². The molecule has 23 heavy (non-hydrogen) atoms. The minimum atomic E-state index is -0.578. The number of nitrogens with one attached hydrogen (secondary N) is 2. The van der Waals surface area contributed by atoms with Crippen LogP contribution < -0.4 is 15.4 Å². The number of ether oxygens (including phenoxy) is 1. The van der Waals surface area contributed by atoms with Crippen molar-refractivity contribution < 1.29 is 14.6 Å². The zero-order valence-electron chi connectivity index (χ0n) is 13.8. The number of hydrogen-bond donors (Lipinski definition) is 3. The number of benzene rings is 2. The molecule has 0 aromatic heterocycles. The van der Waals surface area contributed by atoms with Crippen molar-refractivity contribution in [1.29, 1.82) is 0 Å². The topological polar surface area (TPSA) is 70.6 Å². The van der Waals surface area contributed by atoms with E-state index in [1.54, 1.807) is 0 Å². The molecule has 5 heteroatoms. The Hall–Kier alpha value is -2.11. The molecule has 0 aliphatic carbocycles. The third-order valence-corrected chi connectivity index (χ3v) is 3.39. The first kappa shape index (κ1) is 17.2. The van der Waals surface area contributed by atoms with Gasteiger partial charge in [0.05, 0.1) is 0 Å². The number of fused-ring (bicyclic) bond motifs is 1. The van der Waals surface area contributed by atoms with Crippen molar-refractivity contribution in [1.82, 2.24) is 5.32 Å². The Balaban J connectivity index is 2.13. The summed E-state index contributed by atoms with van der Waals surface area (Å²) in [6.07, 6.45) is -0.578. The fourth-order valence-electron chi connectivity index (χ4n) is 2.32. The fraction of sp³-hybridized carbons (Fsp3) is 0.389. The van der Waals surface area contributed by atoms with Gasteiger partial charge >= 0.3 is 0 Å². The predicted octanol–water partition coefficient (Wildman–Crippen LogP) is 2.54. The van der Waals surface area contributed by atoms with E-state index in [1.165, 1.54) is 6.92 Å². The Morgan fingerprint density at radius 1 is 1.17 bits per heavy atom. The van der Waals surface area contributed by atoms with Gasteiger partial charge in [-0.3, -0.25) is 4.79 Å². The van der Waals surface area contributed by atoms with E-state index < -0.39 is 6.10 Å². The van der Waals surface area contributed by atoms with Crippen LogP contribution in [0.25, 0.3) is 10.8 Å². The van der Waals surface area contributed by atoms with E-state index in [4.69, 9.17) is 4.74 Å². The molecule has 3 N–H and O–H groups in total. The average molecular weight is 316 g/mol. The van der Waals surface area contributed by atoms with Gasteiger partial charge in [0, 0.05) is 36.0 Å². The van der Waals surface area contributed by atoms with Crippen molar-refractivity contribution in [2.75, 3.05) is 18.5 Å². The fourth-order valence-corrected chi connectivity index (χ4v) is 2.32. The highest BCUT2D eigenvalue weighted by molar-refractivity contribution is 6.03. The largest absolute Gasteiger partial charge is 0.490 e. The summed E-state index contributed by atoms with van der Waals surface area (Å²) in [6.45, 7) is 6.24. The number of anilines is 1. The van der Waals surface area contributed by atoms with Crippen molar-refractivity contribution in [3.8, 4) is 5.75 Å². The van der Waals surface area contributed by atoms with Crippen LogP contribution in [0.2, 0.25) is 0 Å². The number of aliphatic hydroxyl groups excluding tert-OH is 1. The van der Waals surface area contributed by atoms with Gasteiger partial charge in [-0.1, -0.05) is 38.1 Å². The zero-order valence-corrected chi connectivity index (χ0v) is 13.8. The highest BCUT2D eigenvalue weighted by Gasteiger charge is 2.10. The summed E-state index contributed by atoms with van der Waals surface area (Å²) < 4.78 is 5.77. The lowest BCUT2D eigenvalue weighted by Crippen LogP contribution is -2.35. The molecule has 2 rings (SSSR count). The zero-order chi connectivity index (χ0) is 16.8. The summed E-state index contributed by atoms with van der Waals surface area (Å²) in [5.74, 6) is 0.581. The lowest BCUT2D eigenvalue weighted by Gasteiger charge is -2.16. The molecule has 0 spiro atoms. The van der Waals surface area contributed by atoms with Crippen LogP contribution in [0.5, 0.6) is 5.75 Å². The SMILES string of the molecule is CC(=O)Nc1cccc2c(OCC(O)CNC(C)C)cccc12. The lowest BCUT2D eigenvalue weighted by atomic mass is 10.1. The molecule has 0 heterocycles. The molecule has 1 amide bonds. The Morgan fingerprint density at radius 2 is 1.87 bits per heavy atom. The smallest absolute Gasteiger partial charge is 0.221 e. The van der Waals surface area contributed by atoms with E-state index >= 15 is 0 Å². The number of rotatable bonds is 7. The van der Waals surface area contributed by atoms with Gasteiger partial charge < -0.3 is 20.5 Å². The van der Waals surface area contributed by atoms with Crippen LogP contribution in [-0.2, 0) is 4.79 Å². The molecule has 0 aliphatic heterocycles. The third kappa shape index (κ3) is 4.94. The second-order valence-electron chi connectivity index (χ2n) is 5.87. The first-order valence-corrected chi connectivity index (χ1v) is 7.81. The van der Waals surface area contributed by atoms with Crippen molar-refractivity contribution in [3.63, 3.8) is 0 Å². The second kappa shape index (κ2) is 7.94. The normalized spacial score (nSPS) is 12.4. The van der Waals surface area contributed by atoms with Gasteiger partial charge in [-0.15, -0.1) is 0 Å². The Bertz CT molecular complexity index is 670. The molecule has 0 fully saturated rings. The molecule has 1 atom stereocenters. The van der Waals surface area contributed by atoms with Crippen molar-refractivity contribution in [2.45, 2.75) is 32.9 Å². The first-order valence-electron chi connectivity index (χ1n) is 7.81. The molecule has 0 bridgehead atoms. The van der Waals surface area contributed by atoms with Gasteiger partial charge in [0.15, 0.2) is 0 Å². The van der Waals surface area contributed by atoms with Crippen molar-refractivity contribution in [3.05, 3.63) is 36.4 Å². The van der Waals surface area contributed by atoms with E-state index in [2.05, 4.69) is 10.6 Å². The lowest BCUT2D eigenvalue weighted by molar-refractivity contribution is -0.114. The summed E-state index contributed by atoms with van der Waals surface area (Å²) >= 11 is 0. The standard InChI is InChI=1S/C18H24N2O3/c1-12(2)19-10-14(22)11-23-18-9-5-6-15-16(18)7-4-8-17(15)20-13(3)21/h4-9,12,14,19,22H,10-11H2,1-3H3,(H,20,21). The Labute approximate surface area is 136 Å². The van der Waals surface area contributed by atoms with Crippen LogP contribution in [0, 0.1) is 0 Å². The van der Waals surface area contributed by atoms with Gasteiger partial charge in [0.25, 0.3) is 0 Å². The van der Waals surface area contributed by atoms with Gasteiger partial charge in [-0.2, -0.15) is 0 Å². The summed E-state index contributed by atoms with van der Waals surface area (Å²) in [4.78, 5) is 11.3. The van der Waals surface area contributed by atoms with Gasteiger partial charge in [-0.05, 0) is 12.1 Å². The monoisotopic (exact) mass is 316 g/mol.